The van der Waals surface area contributed by atoms with Gasteiger partial charge in [0.1, 0.15) is 0 Å². The van der Waals surface area contributed by atoms with Gasteiger partial charge in [-0.25, -0.2) is 4.98 Å². The first-order valence-electron chi connectivity index (χ1n) is 7.19. The Morgan fingerprint density at radius 3 is 3.10 bits per heavy atom. The van der Waals surface area contributed by atoms with Gasteiger partial charge in [0.25, 0.3) is 5.91 Å². The summed E-state index contributed by atoms with van der Waals surface area (Å²) in [6.45, 7) is 0.589. The van der Waals surface area contributed by atoms with Crippen LogP contribution in [0.1, 0.15) is 46.8 Å². The summed E-state index contributed by atoms with van der Waals surface area (Å²) in [6.07, 6.45) is 5.65. The Kier molecular flexibility index (Phi) is 4.19. The number of hydrogen-bond acceptors (Lipinski definition) is 6. The summed E-state index contributed by atoms with van der Waals surface area (Å²) < 4.78 is 5.21. The maximum atomic E-state index is 12.1. The molecule has 2 aromatic rings. The third kappa shape index (κ3) is 3.24. The molecule has 1 aliphatic rings. The third-order valence-electron chi connectivity index (χ3n) is 3.63. The number of rotatable bonds is 5. The fourth-order valence-electron chi connectivity index (χ4n) is 2.56. The molecule has 0 bridgehead atoms. The SMILES string of the molecule is Nc1nc(CCCNC(=O)c2onc3c2CCCC3)cs1. The minimum Gasteiger partial charge on any atom is -0.375 e. The molecule has 0 atom stereocenters. The monoisotopic (exact) mass is 306 g/mol. The van der Waals surface area contributed by atoms with Gasteiger partial charge in [-0.05, 0) is 38.5 Å². The van der Waals surface area contributed by atoms with E-state index in [0.29, 0.717) is 17.4 Å². The molecule has 2 aromatic heterocycles. The summed E-state index contributed by atoms with van der Waals surface area (Å²) >= 11 is 1.44. The first-order chi connectivity index (χ1) is 10.2. The number of nitrogens with one attached hydrogen (secondary N) is 1. The van der Waals surface area contributed by atoms with Gasteiger partial charge in [0, 0.05) is 17.5 Å². The lowest BCUT2D eigenvalue weighted by Gasteiger charge is -2.09. The second-order valence-corrected chi connectivity index (χ2v) is 6.07. The molecule has 0 radical (unpaired) electrons. The Hall–Kier alpha value is -1.89. The molecule has 0 aromatic carbocycles. The second kappa shape index (κ2) is 6.26. The van der Waals surface area contributed by atoms with Crippen LogP contribution in [0.4, 0.5) is 5.13 Å². The van der Waals surface area contributed by atoms with Gasteiger partial charge in [0.2, 0.25) is 5.76 Å². The Morgan fingerprint density at radius 2 is 2.29 bits per heavy atom. The highest BCUT2D eigenvalue weighted by Crippen LogP contribution is 2.23. The molecule has 6 nitrogen and oxygen atoms in total. The van der Waals surface area contributed by atoms with Gasteiger partial charge in [-0.2, -0.15) is 0 Å². The zero-order chi connectivity index (χ0) is 14.7. The average molecular weight is 306 g/mol. The Morgan fingerprint density at radius 1 is 1.43 bits per heavy atom. The van der Waals surface area contributed by atoms with E-state index in [-0.39, 0.29) is 5.91 Å². The lowest BCUT2D eigenvalue weighted by molar-refractivity contribution is 0.0915. The molecule has 0 unspecified atom stereocenters. The van der Waals surface area contributed by atoms with Gasteiger partial charge in [0.05, 0.1) is 11.4 Å². The van der Waals surface area contributed by atoms with Crippen molar-refractivity contribution in [2.75, 3.05) is 12.3 Å². The predicted molar refractivity (Wildman–Crippen MR) is 80.3 cm³/mol. The van der Waals surface area contributed by atoms with Crippen molar-refractivity contribution in [3.05, 3.63) is 28.1 Å². The number of carbonyl (C=O) groups excluding carboxylic acids is 1. The number of nitrogens with two attached hydrogens (primary N) is 1. The van der Waals surface area contributed by atoms with E-state index >= 15 is 0 Å². The summed E-state index contributed by atoms with van der Waals surface area (Å²) in [7, 11) is 0. The Balaban J connectivity index is 1.49. The summed E-state index contributed by atoms with van der Waals surface area (Å²) in [5.74, 6) is 0.228. The van der Waals surface area contributed by atoms with Crippen LogP contribution in [0.25, 0.3) is 0 Å². The highest BCUT2D eigenvalue weighted by Gasteiger charge is 2.23. The maximum absolute atomic E-state index is 12.1. The van der Waals surface area contributed by atoms with Gasteiger partial charge >= 0.3 is 0 Å². The highest BCUT2D eigenvalue weighted by molar-refractivity contribution is 7.13. The number of hydrogen-bond donors (Lipinski definition) is 2. The molecule has 3 rings (SSSR count). The lowest BCUT2D eigenvalue weighted by atomic mass is 9.96. The number of carbonyl (C=O) groups is 1. The van der Waals surface area contributed by atoms with E-state index in [0.717, 1.165) is 55.5 Å². The average Bonchev–Trinajstić information content (AvgIpc) is 3.09. The van der Waals surface area contributed by atoms with Crippen LogP contribution < -0.4 is 11.1 Å². The number of aromatic nitrogens is 2. The highest BCUT2D eigenvalue weighted by atomic mass is 32.1. The topological polar surface area (TPSA) is 94.0 Å². The molecule has 7 heteroatoms. The molecule has 2 heterocycles. The van der Waals surface area contributed by atoms with E-state index in [1.807, 2.05) is 5.38 Å². The molecular formula is C14H18N4O2S. The molecule has 0 fully saturated rings. The van der Waals surface area contributed by atoms with Gasteiger partial charge in [-0.15, -0.1) is 11.3 Å². The van der Waals surface area contributed by atoms with Gasteiger partial charge in [-0.3, -0.25) is 4.79 Å². The van der Waals surface area contributed by atoms with Crippen LogP contribution in [-0.2, 0) is 19.3 Å². The van der Waals surface area contributed by atoms with Gasteiger partial charge in [-0.1, -0.05) is 5.16 Å². The fourth-order valence-corrected chi connectivity index (χ4v) is 3.16. The molecule has 0 spiro atoms. The smallest absolute Gasteiger partial charge is 0.290 e. The molecule has 112 valence electrons. The van der Waals surface area contributed by atoms with E-state index in [2.05, 4.69) is 15.5 Å². The summed E-state index contributed by atoms with van der Waals surface area (Å²) in [6, 6.07) is 0. The first kappa shape index (κ1) is 14.1. The van der Waals surface area contributed by atoms with Crippen LogP contribution in [0.2, 0.25) is 0 Å². The normalized spacial score (nSPS) is 13.9. The predicted octanol–water partition coefficient (Wildman–Crippen LogP) is 1.95. The number of fused-ring (bicyclic) bond motifs is 1. The summed E-state index contributed by atoms with van der Waals surface area (Å²) in [4.78, 5) is 16.3. The quantitative estimate of drug-likeness (QED) is 0.823. The number of aryl methyl sites for hydroxylation is 2. The molecule has 0 saturated heterocycles. The van der Waals surface area contributed by atoms with E-state index in [1.54, 1.807) is 0 Å². The van der Waals surface area contributed by atoms with E-state index < -0.39 is 0 Å². The van der Waals surface area contributed by atoms with Crippen LogP contribution in [0.15, 0.2) is 9.90 Å². The molecule has 0 saturated carbocycles. The number of amides is 1. The summed E-state index contributed by atoms with van der Waals surface area (Å²) in [5.41, 5.74) is 8.49. The number of nitrogens with zero attached hydrogens (tertiary/aromatic N) is 2. The molecular weight excluding hydrogens is 288 g/mol. The minimum absolute atomic E-state index is 0.163. The zero-order valence-corrected chi connectivity index (χ0v) is 12.5. The minimum atomic E-state index is -0.163. The molecule has 1 aliphatic carbocycles. The van der Waals surface area contributed by atoms with Crippen molar-refractivity contribution in [3.8, 4) is 0 Å². The molecule has 21 heavy (non-hydrogen) atoms. The van der Waals surface area contributed by atoms with Gasteiger partial charge in [0.15, 0.2) is 5.13 Å². The Bertz CT molecular complexity index is 635. The van der Waals surface area contributed by atoms with Crippen LogP contribution >= 0.6 is 11.3 Å². The van der Waals surface area contributed by atoms with Crippen molar-refractivity contribution >= 4 is 22.4 Å². The van der Waals surface area contributed by atoms with Crippen LogP contribution in [0.3, 0.4) is 0 Å². The lowest BCUT2D eigenvalue weighted by Crippen LogP contribution is -2.25. The van der Waals surface area contributed by atoms with Crippen molar-refractivity contribution in [1.29, 1.82) is 0 Å². The van der Waals surface area contributed by atoms with Crippen LogP contribution in [0, 0.1) is 0 Å². The number of nitrogen functional groups attached to an aromatic ring is 1. The van der Waals surface area contributed by atoms with Crippen LogP contribution in [-0.4, -0.2) is 22.6 Å². The van der Waals surface area contributed by atoms with Crippen molar-refractivity contribution in [1.82, 2.24) is 15.5 Å². The van der Waals surface area contributed by atoms with E-state index in [1.165, 1.54) is 11.3 Å². The molecule has 0 aliphatic heterocycles. The zero-order valence-electron chi connectivity index (χ0n) is 11.7. The van der Waals surface area contributed by atoms with E-state index in [4.69, 9.17) is 10.3 Å². The van der Waals surface area contributed by atoms with Crippen molar-refractivity contribution in [3.63, 3.8) is 0 Å². The second-order valence-electron chi connectivity index (χ2n) is 5.18. The standard InChI is InChI=1S/C14H18N4O2S/c15-14-17-9(8-21-14)4-3-7-16-13(19)12-10-5-1-2-6-11(10)18-20-12/h8H,1-7H2,(H2,15,17)(H,16,19). The fraction of sp³-hybridized carbons (Fsp3) is 0.500. The first-order valence-corrected chi connectivity index (χ1v) is 8.07. The number of thiazole rings is 1. The molecule has 3 N–H and O–H groups in total. The summed E-state index contributed by atoms with van der Waals surface area (Å²) in [5, 5.41) is 9.42. The third-order valence-corrected chi connectivity index (χ3v) is 4.35. The van der Waals surface area contributed by atoms with Crippen LogP contribution in [0.5, 0.6) is 0 Å². The van der Waals surface area contributed by atoms with Crippen molar-refractivity contribution in [2.24, 2.45) is 0 Å². The van der Waals surface area contributed by atoms with E-state index in [9.17, 15) is 4.79 Å². The maximum Gasteiger partial charge on any atom is 0.290 e. The largest absolute Gasteiger partial charge is 0.375 e. The van der Waals surface area contributed by atoms with Crippen molar-refractivity contribution in [2.45, 2.75) is 38.5 Å². The number of anilines is 1. The Labute approximate surface area is 126 Å². The molecule has 1 amide bonds. The van der Waals surface area contributed by atoms with Gasteiger partial charge < -0.3 is 15.6 Å². The van der Waals surface area contributed by atoms with Crippen molar-refractivity contribution < 1.29 is 9.32 Å².